The molecule has 1 heteroatoms. The van der Waals surface area contributed by atoms with Gasteiger partial charge in [-0.2, -0.15) is 0 Å². The molecule has 2 aromatic carbocycles. The summed E-state index contributed by atoms with van der Waals surface area (Å²) in [5, 5.41) is 0. The third-order valence-corrected chi connectivity index (χ3v) is 3.47. The molecule has 0 aromatic heterocycles. The first-order valence-electron chi connectivity index (χ1n) is 6.73. The lowest BCUT2D eigenvalue weighted by Gasteiger charge is -2.03. The van der Waals surface area contributed by atoms with E-state index in [1.54, 1.807) is 0 Å². The molecule has 20 heavy (non-hydrogen) atoms. The highest BCUT2D eigenvalue weighted by atomic mass is 28.3. The van der Waals surface area contributed by atoms with Crippen molar-refractivity contribution in [2.24, 2.45) is 0 Å². The van der Waals surface area contributed by atoms with E-state index in [9.17, 15) is 0 Å². The van der Waals surface area contributed by atoms with E-state index < -0.39 is 8.07 Å². The fourth-order valence-electron chi connectivity index (χ4n) is 1.56. The first kappa shape index (κ1) is 14.2. The molecule has 2 aromatic rings. The van der Waals surface area contributed by atoms with E-state index in [4.69, 9.17) is 0 Å². The Kier molecular flexibility index (Phi) is 4.46. The van der Waals surface area contributed by atoms with E-state index in [2.05, 4.69) is 42.9 Å². The second-order valence-electron chi connectivity index (χ2n) is 5.69. The van der Waals surface area contributed by atoms with E-state index in [0.29, 0.717) is 0 Å². The van der Waals surface area contributed by atoms with Gasteiger partial charge in [-0.1, -0.05) is 55.6 Å². The van der Waals surface area contributed by atoms with Gasteiger partial charge in [-0.25, -0.2) is 0 Å². The molecule has 0 aliphatic rings. The fourth-order valence-corrected chi connectivity index (χ4v) is 2.08. The van der Waals surface area contributed by atoms with Crippen LogP contribution in [0.25, 0.3) is 0 Å². The maximum atomic E-state index is 3.37. The lowest BCUT2D eigenvalue weighted by Crippen LogP contribution is -2.16. The molecule has 0 bridgehead atoms. The van der Waals surface area contributed by atoms with E-state index in [1.165, 1.54) is 0 Å². The highest BCUT2D eigenvalue weighted by molar-refractivity contribution is 6.83. The van der Waals surface area contributed by atoms with Crippen LogP contribution in [0.5, 0.6) is 0 Å². The van der Waals surface area contributed by atoms with Crippen molar-refractivity contribution in [3.05, 3.63) is 71.3 Å². The van der Waals surface area contributed by atoms with Gasteiger partial charge in [0.05, 0.1) is 0 Å². The maximum absolute atomic E-state index is 3.37. The number of benzene rings is 2. The number of rotatable bonds is 0. The predicted molar refractivity (Wildman–Crippen MR) is 89.1 cm³/mol. The summed E-state index contributed by atoms with van der Waals surface area (Å²) in [5.74, 6) is 9.58. The second-order valence-corrected chi connectivity index (χ2v) is 10.4. The van der Waals surface area contributed by atoms with Crippen molar-refractivity contribution in [3.8, 4) is 23.3 Å². The molecule has 0 heterocycles. The Balaban J connectivity index is 2.13. The van der Waals surface area contributed by atoms with E-state index in [1.807, 2.05) is 54.6 Å². The molecule has 0 spiro atoms. The molecule has 0 N–H and O–H groups in total. The van der Waals surface area contributed by atoms with Crippen molar-refractivity contribution >= 4 is 8.07 Å². The summed E-state index contributed by atoms with van der Waals surface area (Å²) in [4.78, 5) is 0. The molecule has 0 amide bonds. The first-order chi connectivity index (χ1) is 9.53. The van der Waals surface area contributed by atoms with Crippen LogP contribution in [-0.4, -0.2) is 8.07 Å². The SMILES string of the molecule is C[Si](C)(C)C#Cc1ccc(C#Cc2ccccc2)cc1. The quantitative estimate of drug-likeness (QED) is 0.496. The lowest BCUT2D eigenvalue weighted by atomic mass is 10.1. The molecule has 0 nitrogen and oxygen atoms in total. The van der Waals surface area contributed by atoms with Gasteiger partial charge in [0.1, 0.15) is 8.07 Å². The monoisotopic (exact) mass is 274 g/mol. The van der Waals surface area contributed by atoms with Crippen LogP contribution in [0.2, 0.25) is 19.6 Å². The number of hydrogen-bond donors (Lipinski definition) is 0. The summed E-state index contributed by atoms with van der Waals surface area (Å²) in [6.45, 7) is 6.75. The van der Waals surface area contributed by atoms with Crippen molar-refractivity contribution in [1.82, 2.24) is 0 Å². The zero-order valence-corrected chi connectivity index (χ0v) is 13.2. The average Bonchev–Trinajstić information content (AvgIpc) is 2.44. The molecule has 0 unspecified atom stereocenters. The fraction of sp³-hybridized carbons (Fsp3) is 0.158. The Morgan fingerprint density at radius 2 is 1.05 bits per heavy atom. The summed E-state index contributed by atoms with van der Waals surface area (Å²) in [7, 11) is -1.30. The Morgan fingerprint density at radius 3 is 1.55 bits per heavy atom. The van der Waals surface area contributed by atoms with Gasteiger partial charge < -0.3 is 0 Å². The molecule has 0 saturated carbocycles. The third-order valence-electron chi connectivity index (χ3n) is 2.59. The predicted octanol–water partition coefficient (Wildman–Crippen LogP) is 4.32. The standard InChI is InChI=1S/C19H18Si/c1-20(2,3)16-15-19-13-11-18(12-14-19)10-9-17-7-5-4-6-8-17/h4-8,11-14H,1-3H3. The Labute approximate surface area is 122 Å². The molecular formula is C19H18Si. The van der Waals surface area contributed by atoms with Crippen molar-refractivity contribution < 1.29 is 0 Å². The van der Waals surface area contributed by atoms with Crippen molar-refractivity contribution in [3.63, 3.8) is 0 Å². The summed E-state index contributed by atoms with van der Waals surface area (Å²) in [6, 6.07) is 18.2. The normalized spacial score (nSPS) is 9.95. The summed E-state index contributed by atoms with van der Waals surface area (Å²) >= 11 is 0. The third kappa shape index (κ3) is 4.80. The Bertz CT molecular complexity index is 681. The van der Waals surface area contributed by atoms with Crippen LogP contribution in [0.3, 0.4) is 0 Å². The Hall–Kier alpha value is -2.22. The molecular weight excluding hydrogens is 256 g/mol. The number of hydrogen-bond acceptors (Lipinski definition) is 0. The minimum absolute atomic E-state index is 1.02. The molecule has 0 radical (unpaired) electrons. The van der Waals surface area contributed by atoms with Gasteiger partial charge in [0.2, 0.25) is 0 Å². The summed E-state index contributed by atoms with van der Waals surface area (Å²) in [6.07, 6.45) is 0. The van der Waals surface area contributed by atoms with Crippen molar-refractivity contribution in [1.29, 1.82) is 0 Å². The molecule has 0 aliphatic carbocycles. The van der Waals surface area contributed by atoms with Crippen LogP contribution in [0.15, 0.2) is 54.6 Å². The van der Waals surface area contributed by atoms with Gasteiger partial charge in [0.15, 0.2) is 0 Å². The van der Waals surface area contributed by atoms with Crippen LogP contribution in [0.1, 0.15) is 16.7 Å². The topological polar surface area (TPSA) is 0 Å². The molecule has 0 aliphatic heterocycles. The molecule has 98 valence electrons. The molecule has 0 saturated heterocycles. The average molecular weight is 274 g/mol. The van der Waals surface area contributed by atoms with E-state index in [0.717, 1.165) is 16.7 Å². The first-order valence-corrected chi connectivity index (χ1v) is 10.2. The minimum atomic E-state index is -1.30. The molecule has 0 atom stereocenters. The van der Waals surface area contributed by atoms with Crippen LogP contribution in [0.4, 0.5) is 0 Å². The van der Waals surface area contributed by atoms with Gasteiger partial charge in [-0.15, -0.1) is 5.54 Å². The van der Waals surface area contributed by atoms with Crippen LogP contribution in [-0.2, 0) is 0 Å². The zero-order chi connectivity index (χ0) is 14.4. The minimum Gasteiger partial charge on any atom is -0.127 e. The van der Waals surface area contributed by atoms with Crippen LogP contribution < -0.4 is 0 Å². The van der Waals surface area contributed by atoms with Crippen molar-refractivity contribution in [2.45, 2.75) is 19.6 Å². The van der Waals surface area contributed by atoms with E-state index in [-0.39, 0.29) is 0 Å². The van der Waals surface area contributed by atoms with Gasteiger partial charge in [0.25, 0.3) is 0 Å². The highest BCUT2D eigenvalue weighted by Crippen LogP contribution is 2.04. The summed E-state index contributed by atoms with van der Waals surface area (Å²) < 4.78 is 0. The largest absolute Gasteiger partial charge is 0.129 e. The Morgan fingerprint density at radius 1 is 0.600 bits per heavy atom. The second kappa shape index (κ2) is 6.28. The van der Waals surface area contributed by atoms with Gasteiger partial charge in [-0.3, -0.25) is 0 Å². The summed E-state index contributed by atoms with van der Waals surface area (Å²) in [5.41, 5.74) is 6.49. The van der Waals surface area contributed by atoms with Gasteiger partial charge in [-0.05, 0) is 36.4 Å². The van der Waals surface area contributed by atoms with Crippen LogP contribution in [0, 0.1) is 23.3 Å². The maximum Gasteiger partial charge on any atom is 0.129 e. The van der Waals surface area contributed by atoms with Crippen molar-refractivity contribution in [2.75, 3.05) is 0 Å². The van der Waals surface area contributed by atoms with E-state index >= 15 is 0 Å². The smallest absolute Gasteiger partial charge is 0.127 e. The van der Waals surface area contributed by atoms with Gasteiger partial charge >= 0.3 is 0 Å². The highest BCUT2D eigenvalue weighted by Gasteiger charge is 2.07. The van der Waals surface area contributed by atoms with Gasteiger partial charge in [0, 0.05) is 16.7 Å². The molecule has 0 fully saturated rings. The van der Waals surface area contributed by atoms with Crippen LogP contribution >= 0.6 is 0 Å². The molecule has 2 rings (SSSR count). The zero-order valence-electron chi connectivity index (χ0n) is 12.2. The lowest BCUT2D eigenvalue weighted by molar-refractivity contribution is 1.59.